The number of nitrogens with one attached hydrogen (secondary N) is 1. The Balaban J connectivity index is 1.74. The van der Waals surface area contributed by atoms with Crippen LogP contribution in [0.5, 0.6) is 5.75 Å². The van der Waals surface area contributed by atoms with Gasteiger partial charge < -0.3 is 10.1 Å². The molecule has 1 aromatic carbocycles. The molecule has 0 spiro atoms. The van der Waals surface area contributed by atoms with Crippen LogP contribution in [0.4, 0.5) is 0 Å². The second-order valence-electron chi connectivity index (χ2n) is 4.81. The van der Waals surface area contributed by atoms with Gasteiger partial charge >= 0.3 is 0 Å². The molecule has 0 amide bonds. The van der Waals surface area contributed by atoms with Crippen molar-refractivity contribution in [3.63, 3.8) is 0 Å². The zero-order chi connectivity index (χ0) is 11.4. The van der Waals surface area contributed by atoms with Gasteiger partial charge in [0, 0.05) is 12.6 Å². The van der Waals surface area contributed by atoms with E-state index in [1.54, 1.807) is 7.11 Å². The molecule has 88 valence electrons. The van der Waals surface area contributed by atoms with Crippen LogP contribution in [0.15, 0.2) is 24.3 Å². The summed E-state index contributed by atoms with van der Waals surface area (Å²) in [5.41, 5.74) is 1.32. The van der Waals surface area contributed by atoms with E-state index in [1.165, 1.54) is 24.8 Å². The summed E-state index contributed by atoms with van der Waals surface area (Å²) < 4.78 is 5.14. The highest BCUT2D eigenvalue weighted by Crippen LogP contribution is 2.33. The van der Waals surface area contributed by atoms with Crippen LogP contribution >= 0.6 is 0 Å². The average molecular weight is 219 g/mol. The lowest BCUT2D eigenvalue weighted by Crippen LogP contribution is -2.25. The summed E-state index contributed by atoms with van der Waals surface area (Å²) in [6.45, 7) is 3.24. The molecule has 1 aromatic rings. The molecule has 0 heterocycles. The maximum atomic E-state index is 5.14. The van der Waals surface area contributed by atoms with Crippen LogP contribution in [-0.2, 0) is 6.54 Å². The third-order valence-corrected chi connectivity index (χ3v) is 3.20. The standard InChI is InChI=1S/C14H21NO/c1-11(9-12-3-4-12)15-10-13-5-7-14(16-2)8-6-13/h5-8,11-12,15H,3-4,9-10H2,1-2H3. The SMILES string of the molecule is COc1ccc(CNC(C)CC2CC2)cc1. The van der Waals surface area contributed by atoms with Crippen molar-refractivity contribution in [1.29, 1.82) is 0 Å². The van der Waals surface area contributed by atoms with E-state index in [2.05, 4.69) is 24.4 Å². The first-order valence-electron chi connectivity index (χ1n) is 6.14. The van der Waals surface area contributed by atoms with Gasteiger partial charge in [-0.05, 0) is 37.0 Å². The monoisotopic (exact) mass is 219 g/mol. The predicted molar refractivity (Wildman–Crippen MR) is 66.6 cm³/mol. The molecule has 1 unspecified atom stereocenters. The second kappa shape index (κ2) is 5.35. The minimum atomic E-state index is 0.634. The molecular formula is C14H21NO. The van der Waals surface area contributed by atoms with Crippen LogP contribution in [0, 0.1) is 5.92 Å². The van der Waals surface area contributed by atoms with E-state index in [9.17, 15) is 0 Å². The quantitative estimate of drug-likeness (QED) is 0.794. The molecule has 1 N–H and O–H groups in total. The number of hydrogen-bond donors (Lipinski definition) is 1. The summed E-state index contributed by atoms with van der Waals surface area (Å²) in [6, 6.07) is 8.91. The third kappa shape index (κ3) is 3.53. The predicted octanol–water partition coefficient (Wildman–Crippen LogP) is 2.97. The molecule has 1 atom stereocenters. The first-order chi connectivity index (χ1) is 7.78. The molecule has 0 saturated heterocycles. The highest BCUT2D eigenvalue weighted by atomic mass is 16.5. The van der Waals surface area contributed by atoms with Crippen molar-refractivity contribution in [1.82, 2.24) is 5.32 Å². The van der Waals surface area contributed by atoms with Crippen LogP contribution in [0.2, 0.25) is 0 Å². The van der Waals surface area contributed by atoms with E-state index in [4.69, 9.17) is 4.74 Å². The molecule has 0 aromatic heterocycles. The number of ether oxygens (including phenoxy) is 1. The Labute approximate surface area is 98.0 Å². The van der Waals surface area contributed by atoms with Gasteiger partial charge in [-0.15, -0.1) is 0 Å². The Morgan fingerprint density at radius 2 is 2.00 bits per heavy atom. The number of methoxy groups -OCH3 is 1. The molecule has 1 fully saturated rings. The largest absolute Gasteiger partial charge is 0.497 e. The topological polar surface area (TPSA) is 21.3 Å². The molecular weight excluding hydrogens is 198 g/mol. The van der Waals surface area contributed by atoms with Crippen LogP contribution in [0.25, 0.3) is 0 Å². The first kappa shape index (κ1) is 11.5. The van der Waals surface area contributed by atoms with E-state index < -0.39 is 0 Å². The average Bonchev–Trinajstić information content (AvgIpc) is 3.11. The molecule has 2 nitrogen and oxygen atoms in total. The minimum Gasteiger partial charge on any atom is -0.497 e. The van der Waals surface area contributed by atoms with Crippen molar-refractivity contribution in [3.8, 4) is 5.75 Å². The van der Waals surface area contributed by atoms with Gasteiger partial charge in [-0.2, -0.15) is 0 Å². The zero-order valence-electron chi connectivity index (χ0n) is 10.2. The normalized spacial score (nSPS) is 17.1. The highest BCUT2D eigenvalue weighted by molar-refractivity contribution is 5.27. The summed E-state index contributed by atoms with van der Waals surface area (Å²) in [5, 5.41) is 3.57. The smallest absolute Gasteiger partial charge is 0.118 e. The Kier molecular flexibility index (Phi) is 3.83. The fourth-order valence-corrected chi connectivity index (χ4v) is 1.97. The third-order valence-electron chi connectivity index (χ3n) is 3.20. The van der Waals surface area contributed by atoms with Gasteiger partial charge in [0.2, 0.25) is 0 Å². The maximum Gasteiger partial charge on any atom is 0.118 e. The minimum absolute atomic E-state index is 0.634. The highest BCUT2D eigenvalue weighted by Gasteiger charge is 2.23. The van der Waals surface area contributed by atoms with Crippen molar-refractivity contribution < 1.29 is 4.74 Å². The van der Waals surface area contributed by atoms with Gasteiger partial charge in [-0.25, -0.2) is 0 Å². The summed E-state index contributed by atoms with van der Waals surface area (Å²) in [7, 11) is 1.70. The lowest BCUT2D eigenvalue weighted by Gasteiger charge is -2.13. The Bertz CT molecular complexity index is 316. The van der Waals surface area contributed by atoms with Gasteiger partial charge in [-0.1, -0.05) is 25.0 Å². The van der Waals surface area contributed by atoms with Crippen molar-refractivity contribution in [2.24, 2.45) is 5.92 Å². The van der Waals surface area contributed by atoms with Crippen LogP contribution in [-0.4, -0.2) is 13.2 Å². The van der Waals surface area contributed by atoms with Gasteiger partial charge in [-0.3, -0.25) is 0 Å². The molecule has 0 aliphatic heterocycles. The van der Waals surface area contributed by atoms with E-state index >= 15 is 0 Å². The lowest BCUT2D eigenvalue weighted by atomic mass is 10.1. The Morgan fingerprint density at radius 3 is 2.56 bits per heavy atom. The van der Waals surface area contributed by atoms with E-state index in [-0.39, 0.29) is 0 Å². The molecule has 0 bridgehead atoms. The van der Waals surface area contributed by atoms with Crippen molar-refractivity contribution >= 4 is 0 Å². The summed E-state index contributed by atoms with van der Waals surface area (Å²) >= 11 is 0. The fourth-order valence-electron chi connectivity index (χ4n) is 1.97. The van der Waals surface area contributed by atoms with Crippen molar-refractivity contribution in [2.45, 2.75) is 38.8 Å². The van der Waals surface area contributed by atoms with E-state index in [0.29, 0.717) is 6.04 Å². The zero-order valence-corrected chi connectivity index (χ0v) is 10.2. The van der Waals surface area contributed by atoms with Gasteiger partial charge in [0.1, 0.15) is 5.75 Å². The summed E-state index contributed by atoms with van der Waals surface area (Å²) in [4.78, 5) is 0. The van der Waals surface area contributed by atoms with Crippen molar-refractivity contribution in [2.75, 3.05) is 7.11 Å². The number of benzene rings is 1. The summed E-state index contributed by atoms with van der Waals surface area (Å²) in [5.74, 6) is 1.92. The maximum absolute atomic E-state index is 5.14. The lowest BCUT2D eigenvalue weighted by molar-refractivity contribution is 0.414. The molecule has 1 aliphatic rings. The fraction of sp³-hybridized carbons (Fsp3) is 0.571. The molecule has 1 saturated carbocycles. The molecule has 2 rings (SSSR count). The Hall–Kier alpha value is -1.02. The van der Waals surface area contributed by atoms with Gasteiger partial charge in [0.25, 0.3) is 0 Å². The second-order valence-corrected chi connectivity index (χ2v) is 4.81. The number of rotatable bonds is 6. The van der Waals surface area contributed by atoms with Crippen LogP contribution < -0.4 is 10.1 Å². The van der Waals surface area contributed by atoms with Crippen LogP contribution in [0.3, 0.4) is 0 Å². The van der Waals surface area contributed by atoms with Gasteiger partial charge in [0.15, 0.2) is 0 Å². The van der Waals surface area contributed by atoms with E-state index in [0.717, 1.165) is 18.2 Å². The van der Waals surface area contributed by atoms with E-state index in [1.807, 2.05) is 12.1 Å². The molecule has 0 radical (unpaired) electrons. The van der Waals surface area contributed by atoms with Crippen LogP contribution in [0.1, 0.15) is 31.7 Å². The molecule has 16 heavy (non-hydrogen) atoms. The van der Waals surface area contributed by atoms with Gasteiger partial charge in [0.05, 0.1) is 7.11 Å². The van der Waals surface area contributed by atoms with Crippen molar-refractivity contribution in [3.05, 3.63) is 29.8 Å². The molecule has 2 heteroatoms. The first-order valence-corrected chi connectivity index (χ1v) is 6.14. The Morgan fingerprint density at radius 1 is 1.31 bits per heavy atom. The molecule has 1 aliphatic carbocycles. The summed E-state index contributed by atoms with van der Waals surface area (Å²) in [6.07, 6.45) is 4.21. The number of hydrogen-bond acceptors (Lipinski definition) is 2.